The first-order valence-corrected chi connectivity index (χ1v) is 7.37. The maximum absolute atomic E-state index is 4.38. The lowest BCUT2D eigenvalue weighted by molar-refractivity contribution is 0.596. The average Bonchev–Trinajstić information content (AvgIpc) is 2.68. The number of rotatable bonds is 9. The molecular formula is C13H24N2S. The molecule has 1 aromatic heterocycles. The second kappa shape index (κ2) is 8.57. The van der Waals surface area contributed by atoms with E-state index in [0.717, 1.165) is 17.4 Å². The molecule has 0 saturated heterocycles. The average molecular weight is 240 g/mol. The van der Waals surface area contributed by atoms with Gasteiger partial charge in [0.25, 0.3) is 0 Å². The van der Waals surface area contributed by atoms with Crippen molar-refractivity contribution >= 4 is 16.5 Å². The van der Waals surface area contributed by atoms with Gasteiger partial charge in [-0.1, -0.05) is 45.4 Å². The fraction of sp³-hybridized carbons (Fsp3) is 0.769. The van der Waals surface area contributed by atoms with Crippen LogP contribution >= 0.6 is 11.3 Å². The van der Waals surface area contributed by atoms with Crippen molar-refractivity contribution in [2.75, 3.05) is 11.9 Å². The summed E-state index contributed by atoms with van der Waals surface area (Å²) in [6.45, 7) is 5.37. The number of thiazole rings is 1. The first-order chi connectivity index (χ1) is 7.83. The Kier molecular flexibility index (Phi) is 7.23. The largest absolute Gasteiger partial charge is 0.362 e. The second-order valence-corrected chi connectivity index (χ2v) is 5.20. The van der Waals surface area contributed by atoms with Gasteiger partial charge >= 0.3 is 0 Å². The molecular weight excluding hydrogens is 216 g/mol. The van der Waals surface area contributed by atoms with Gasteiger partial charge in [0.2, 0.25) is 0 Å². The van der Waals surface area contributed by atoms with E-state index < -0.39 is 0 Å². The molecule has 0 saturated carbocycles. The normalized spacial score (nSPS) is 10.6. The van der Waals surface area contributed by atoms with Crippen LogP contribution in [-0.4, -0.2) is 11.5 Å². The van der Waals surface area contributed by atoms with E-state index in [0.29, 0.717) is 0 Å². The predicted octanol–water partition coefficient (Wildman–Crippen LogP) is 4.61. The Morgan fingerprint density at radius 1 is 1.12 bits per heavy atom. The summed E-state index contributed by atoms with van der Waals surface area (Å²) in [6.07, 6.45) is 9.56. The van der Waals surface area contributed by atoms with Crippen LogP contribution in [0.25, 0.3) is 0 Å². The third-order valence-corrected chi connectivity index (χ3v) is 3.59. The summed E-state index contributed by atoms with van der Waals surface area (Å²) in [7, 11) is 0. The second-order valence-electron chi connectivity index (χ2n) is 4.34. The number of hydrogen-bond acceptors (Lipinski definition) is 3. The molecule has 1 N–H and O–H groups in total. The molecule has 2 nitrogen and oxygen atoms in total. The van der Waals surface area contributed by atoms with Crippen LogP contribution in [0, 0.1) is 6.92 Å². The molecule has 1 rings (SSSR count). The number of nitrogens with one attached hydrogen (secondary N) is 1. The number of nitrogens with zero attached hydrogens (tertiary/aromatic N) is 1. The van der Waals surface area contributed by atoms with Gasteiger partial charge in [0, 0.05) is 11.9 Å². The molecule has 0 bridgehead atoms. The highest BCUT2D eigenvalue weighted by Gasteiger charge is 1.96. The highest BCUT2D eigenvalue weighted by molar-refractivity contribution is 7.13. The van der Waals surface area contributed by atoms with Crippen LogP contribution in [-0.2, 0) is 0 Å². The van der Waals surface area contributed by atoms with Gasteiger partial charge in [0.15, 0.2) is 5.13 Å². The summed E-state index contributed by atoms with van der Waals surface area (Å²) in [5.41, 5.74) is 1.12. The van der Waals surface area contributed by atoms with E-state index in [1.54, 1.807) is 11.3 Å². The van der Waals surface area contributed by atoms with Crippen LogP contribution in [0.3, 0.4) is 0 Å². The van der Waals surface area contributed by atoms with Gasteiger partial charge in [-0.3, -0.25) is 0 Å². The van der Waals surface area contributed by atoms with Gasteiger partial charge in [0.05, 0.1) is 5.69 Å². The number of aromatic nitrogens is 1. The lowest BCUT2D eigenvalue weighted by Crippen LogP contribution is -2.00. The summed E-state index contributed by atoms with van der Waals surface area (Å²) in [4.78, 5) is 4.38. The van der Waals surface area contributed by atoms with Crippen LogP contribution in [0.4, 0.5) is 5.13 Å². The van der Waals surface area contributed by atoms with E-state index >= 15 is 0 Å². The summed E-state index contributed by atoms with van der Waals surface area (Å²) < 4.78 is 0. The molecule has 3 heteroatoms. The zero-order chi connectivity index (χ0) is 11.6. The summed E-state index contributed by atoms with van der Waals surface area (Å²) in [5, 5.41) is 6.54. The first kappa shape index (κ1) is 13.5. The van der Waals surface area contributed by atoms with Crippen molar-refractivity contribution in [1.29, 1.82) is 0 Å². The Labute approximate surface area is 103 Å². The minimum Gasteiger partial charge on any atom is -0.362 e. The maximum Gasteiger partial charge on any atom is 0.182 e. The van der Waals surface area contributed by atoms with E-state index in [1.807, 2.05) is 6.92 Å². The van der Waals surface area contributed by atoms with Crippen LogP contribution in [0.1, 0.15) is 57.6 Å². The van der Waals surface area contributed by atoms with Gasteiger partial charge in [-0.2, -0.15) is 0 Å². The Balaban J connectivity index is 1.88. The third-order valence-electron chi connectivity index (χ3n) is 2.68. The van der Waals surface area contributed by atoms with E-state index in [-0.39, 0.29) is 0 Å². The molecule has 0 spiro atoms. The third kappa shape index (κ3) is 6.11. The van der Waals surface area contributed by atoms with E-state index in [1.165, 1.54) is 44.9 Å². The van der Waals surface area contributed by atoms with Gasteiger partial charge < -0.3 is 5.32 Å². The standard InChI is InChI=1S/C13H24N2S/c1-3-4-5-6-7-8-9-10-14-13-15-12(2)11-16-13/h11H,3-10H2,1-2H3,(H,14,15). The SMILES string of the molecule is CCCCCCCCCNc1nc(C)cs1. The van der Waals surface area contributed by atoms with E-state index in [9.17, 15) is 0 Å². The molecule has 0 aromatic carbocycles. The lowest BCUT2D eigenvalue weighted by Gasteiger charge is -2.02. The highest BCUT2D eigenvalue weighted by atomic mass is 32.1. The van der Waals surface area contributed by atoms with Gasteiger partial charge in [-0.05, 0) is 13.3 Å². The molecule has 0 fully saturated rings. The van der Waals surface area contributed by atoms with Crippen molar-refractivity contribution in [2.24, 2.45) is 0 Å². The van der Waals surface area contributed by atoms with Crippen molar-refractivity contribution in [3.05, 3.63) is 11.1 Å². The number of aryl methyl sites for hydroxylation is 1. The van der Waals surface area contributed by atoms with Crippen LogP contribution in [0.2, 0.25) is 0 Å². The first-order valence-electron chi connectivity index (χ1n) is 6.49. The molecule has 0 aliphatic rings. The van der Waals surface area contributed by atoms with Crippen molar-refractivity contribution in [3.63, 3.8) is 0 Å². The molecule has 0 atom stereocenters. The zero-order valence-electron chi connectivity index (χ0n) is 10.6. The summed E-state index contributed by atoms with van der Waals surface area (Å²) in [5.74, 6) is 0. The Bertz CT molecular complexity index is 271. The van der Waals surface area contributed by atoms with Crippen LogP contribution in [0.5, 0.6) is 0 Å². The molecule has 0 aliphatic carbocycles. The van der Waals surface area contributed by atoms with E-state index in [2.05, 4.69) is 22.6 Å². The smallest absolute Gasteiger partial charge is 0.182 e. The zero-order valence-corrected chi connectivity index (χ0v) is 11.4. The Hall–Kier alpha value is -0.570. The van der Waals surface area contributed by atoms with Crippen LogP contribution in [0.15, 0.2) is 5.38 Å². The molecule has 0 radical (unpaired) electrons. The van der Waals surface area contributed by atoms with Crippen LogP contribution < -0.4 is 5.32 Å². The summed E-state index contributed by atoms with van der Waals surface area (Å²) >= 11 is 1.70. The number of hydrogen-bond donors (Lipinski definition) is 1. The Morgan fingerprint density at radius 2 is 1.81 bits per heavy atom. The minimum atomic E-state index is 1.07. The Morgan fingerprint density at radius 3 is 2.44 bits per heavy atom. The van der Waals surface area contributed by atoms with Gasteiger partial charge in [0.1, 0.15) is 0 Å². The molecule has 0 amide bonds. The maximum atomic E-state index is 4.38. The van der Waals surface area contributed by atoms with Crippen molar-refractivity contribution in [2.45, 2.75) is 58.8 Å². The lowest BCUT2D eigenvalue weighted by atomic mass is 10.1. The molecule has 1 heterocycles. The van der Waals surface area contributed by atoms with Crippen molar-refractivity contribution < 1.29 is 0 Å². The summed E-state index contributed by atoms with van der Waals surface area (Å²) in [6, 6.07) is 0. The molecule has 16 heavy (non-hydrogen) atoms. The molecule has 0 unspecified atom stereocenters. The van der Waals surface area contributed by atoms with Crippen molar-refractivity contribution in [3.8, 4) is 0 Å². The minimum absolute atomic E-state index is 1.07. The van der Waals surface area contributed by atoms with E-state index in [4.69, 9.17) is 0 Å². The highest BCUT2D eigenvalue weighted by Crippen LogP contribution is 2.14. The topological polar surface area (TPSA) is 24.9 Å². The molecule has 0 aliphatic heterocycles. The molecule has 92 valence electrons. The molecule has 1 aromatic rings. The quantitative estimate of drug-likeness (QED) is 0.637. The van der Waals surface area contributed by atoms with Gasteiger partial charge in [-0.15, -0.1) is 11.3 Å². The number of unbranched alkanes of at least 4 members (excludes halogenated alkanes) is 6. The predicted molar refractivity (Wildman–Crippen MR) is 73.3 cm³/mol. The monoisotopic (exact) mass is 240 g/mol. The van der Waals surface area contributed by atoms with Gasteiger partial charge in [-0.25, -0.2) is 4.98 Å². The fourth-order valence-electron chi connectivity index (χ4n) is 1.71. The fourth-order valence-corrected chi connectivity index (χ4v) is 2.43. The van der Waals surface area contributed by atoms with Crippen molar-refractivity contribution in [1.82, 2.24) is 4.98 Å². The number of anilines is 1.